The van der Waals surface area contributed by atoms with E-state index in [-0.39, 0.29) is 0 Å². The van der Waals surface area contributed by atoms with E-state index >= 15 is 0 Å². The molecule has 258 valence electrons. The first-order valence-corrected chi connectivity index (χ1v) is 18.8. The standard InChI is InChI=1S/C52H34N2O/c1-4-15-36(16-5-1)53(37-17-6-2-7-18-37)40-29-32-43-46-30-27-35-33-39(28-31-41(35)51(46)45-23-11-10-21-42(45)48(43)34-40)54(38-19-8-3-9-20-38)49-25-14-24-47-44-22-12-13-26-50(44)55-52(47)49/h1-34H. The van der Waals surface area contributed by atoms with Gasteiger partial charge in [-0.1, -0.05) is 133 Å². The Morgan fingerprint density at radius 1 is 0.291 bits per heavy atom. The lowest BCUT2D eigenvalue weighted by Gasteiger charge is -2.26. The molecule has 0 N–H and O–H groups in total. The Kier molecular flexibility index (Phi) is 7.17. The van der Waals surface area contributed by atoms with E-state index in [2.05, 4.69) is 204 Å². The molecule has 0 aliphatic heterocycles. The van der Waals surface area contributed by atoms with Crippen LogP contribution in [0.5, 0.6) is 0 Å². The molecule has 0 bridgehead atoms. The lowest BCUT2D eigenvalue weighted by atomic mass is 9.90. The quantitative estimate of drug-likeness (QED) is 0.161. The van der Waals surface area contributed by atoms with Crippen LogP contribution < -0.4 is 9.80 Å². The van der Waals surface area contributed by atoms with Gasteiger partial charge in [0, 0.05) is 39.2 Å². The van der Waals surface area contributed by atoms with Crippen molar-refractivity contribution in [2.45, 2.75) is 0 Å². The van der Waals surface area contributed by atoms with Crippen molar-refractivity contribution in [3.05, 3.63) is 206 Å². The predicted octanol–water partition coefficient (Wildman–Crippen LogP) is 15.1. The van der Waals surface area contributed by atoms with Crippen molar-refractivity contribution in [1.82, 2.24) is 0 Å². The lowest BCUT2D eigenvalue weighted by molar-refractivity contribution is 0.669. The molecule has 0 amide bonds. The zero-order valence-corrected chi connectivity index (χ0v) is 29.9. The van der Waals surface area contributed by atoms with Crippen LogP contribution in [0.25, 0.3) is 65.0 Å². The number of anilines is 6. The minimum atomic E-state index is 0.876. The van der Waals surface area contributed by atoms with Gasteiger partial charge in [0.15, 0.2) is 5.58 Å². The Labute approximate surface area is 318 Å². The highest BCUT2D eigenvalue weighted by Gasteiger charge is 2.21. The highest BCUT2D eigenvalue weighted by Crippen LogP contribution is 2.46. The van der Waals surface area contributed by atoms with E-state index in [0.29, 0.717) is 0 Å². The van der Waals surface area contributed by atoms with Crippen LogP contribution in [-0.4, -0.2) is 0 Å². The van der Waals surface area contributed by atoms with Crippen molar-refractivity contribution < 1.29 is 4.42 Å². The summed E-state index contributed by atoms with van der Waals surface area (Å²) >= 11 is 0. The summed E-state index contributed by atoms with van der Waals surface area (Å²) in [6.45, 7) is 0. The van der Waals surface area contributed by atoms with Gasteiger partial charge in [-0.2, -0.15) is 0 Å². The summed E-state index contributed by atoms with van der Waals surface area (Å²) in [4.78, 5) is 4.66. The molecule has 0 saturated heterocycles. The summed E-state index contributed by atoms with van der Waals surface area (Å²) in [5.74, 6) is 0. The van der Waals surface area contributed by atoms with Gasteiger partial charge in [-0.3, -0.25) is 0 Å². The minimum absolute atomic E-state index is 0.876. The van der Waals surface area contributed by atoms with Crippen LogP contribution in [0.1, 0.15) is 0 Å². The molecule has 0 unspecified atom stereocenters. The molecule has 3 heteroatoms. The number of furan rings is 1. The molecule has 0 spiro atoms. The topological polar surface area (TPSA) is 19.6 Å². The van der Waals surface area contributed by atoms with E-state index < -0.39 is 0 Å². The largest absolute Gasteiger partial charge is 0.454 e. The van der Waals surface area contributed by atoms with Gasteiger partial charge in [0.1, 0.15) is 5.58 Å². The summed E-state index contributed by atoms with van der Waals surface area (Å²) in [5.41, 5.74) is 8.29. The average molecular weight is 703 g/mol. The second-order valence-corrected chi connectivity index (χ2v) is 14.1. The fraction of sp³-hybridized carbons (Fsp3) is 0. The Balaban J connectivity index is 1.12. The maximum Gasteiger partial charge on any atom is 0.159 e. The van der Waals surface area contributed by atoms with Crippen molar-refractivity contribution in [3.63, 3.8) is 0 Å². The maximum absolute atomic E-state index is 6.57. The van der Waals surface area contributed by atoms with Gasteiger partial charge in [0.25, 0.3) is 0 Å². The number of hydrogen-bond donors (Lipinski definition) is 0. The third-order valence-electron chi connectivity index (χ3n) is 11.0. The molecule has 1 aromatic heterocycles. The lowest BCUT2D eigenvalue weighted by Crippen LogP contribution is -2.10. The monoisotopic (exact) mass is 702 g/mol. The van der Waals surface area contributed by atoms with E-state index in [4.69, 9.17) is 4.42 Å². The van der Waals surface area contributed by atoms with E-state index in [9.17, 15) is 0 Å². The van der Waals surface area contributed by atoms with Crippen LogP contribution in [0.3, 0.4) is 0 Å². The van der Waals surface area contributed by atoms with Crippen LogP contribution >= 0.6 is 0 Å². The number of benzene rings is 10. The highest BCUT2D eigenvalue weighted by molar-refractivity contribution is 6.32. The van der Waals surface area contributed by atoms with Crippen LogP contribution in [-0.2, 0) is 0 Å². The van der Waals surface area contributed by atoms with Gasteiger partial charge >= 0.3 is 0 Å². The second kappa shape index (κ2) is 12.6. The van der Waals surface area contributed by atoms with E-state index in [1.807, 2.05) is 12.1 Å². The smallest absolute Gasteiger partial charge is 0.159 e. The first kappa shape index (κ1) is 31.2. The van der Waals surface area contributed by atoms with Gasteiger partial charge in [0.05, 0.1) is 5.69 Å². The molecule has 11 aromatic rings. The molecule has 0 aliphatic carbocycles. The highest BCUT2D eigenvalue weighted by atomic mass is 16.3. The number of hydrogen-bond acceptors (Lipinski definition) is 3. The van der Waals surface area contributed by atoms with Crippen molar-refractivity contribution >= 4 is 99.2 Å². The summed E-state index contributed by atoms with van der Waals surface area (Å²) < 4.78 is 6.57. The molecule has 1 heterocycles. The fourth-order valence-electron chi connectivity index (χ4n) is 8.55. The van der Waals surface area contributed by atoms with E-state index in [0.717, 1.165) is 56.1 Å². The van der Waals surface area contributed by atoms with Crippen molar-refractivity contribution in [1.29, 1.82) is 0 Å². The predicted molar refractivity (Wildman–Crippen MR) is 233 cm³/mol. The second-order valence-electron chi connectivity index (χ2n) is 14.1. The fourth-order valence-corrected chi connectivity index (χ4v) is 8.55. The van der Waals surface area contributed by atoms with Crippen molar-refractivity contribution in [2.75, 3.05) is 9.80 Å². The minimum Gasteiger partial charge on any atom is -0.454 e. The Morgan fingerprint density at radius 3 is 1.51 bits per heavy atom. The number of rotatable bonds is 6. The molecular weight excluding hydrogens is 669 g/mol. The molecule has 10 aromatic carbocycles. The van der Waals surface area contributed by atoms with Crippen LogP contribution in [0.15, 0.2) is 211 Å². The zero-order chi connectivity index (χ0) is 36.3. The first-order valence-electron chi connectivity index (χ1n) is 18.8. The normalized spacial score (nSPS) is 11.6. The number of para-hydroxylation sites is 5. The summed E-state index contributed by atoms with van der Waals surface area (Å²) in [7, 11) is 0. The van der Waals surface area contributed by atoms with E-state index in [1.54, 1.807) is 0 Å². The van der Waals surface area contributed by atoms with Crippen LogP contribution in [0, 0.1) is 0 Å². The number of nitrogens with zero attached hydrogens (tertiary/aromatic N) is 2. The Morgan fingerprint density at radius 2 is 0.800 bits per heavy atom. The van der Waals surface area contributed by atoms with Crippen molar-refractivity contribution in [3.8, 4) is 0 Å². The van der Waals surface area contributed by atoms with Gasteiger partial charge in [-0.15, -0.1) is 0 Å². The van der Waals surface area contributed by atoms with Crippen LogP contribution in [0.4, 0.5) is 34.1 Å². The van der Waals surface area contributed by atoms with Crippen LogP contribution in [0.2, 0.25) is 0 Å². The molecule has 0 fully saturated rings. The molecule has 3 nitrogen and oxygen atoms in total. The third kappa shape index (κ3) is 5.05. The Hall–Kier alpha value is -7.36. The SMILES string of the molecule is c1ccc(N(c2ccccc2)c2ccc3c(c2)c2ccccc2c2c4ccc(N(c5ccccc5)c5cccc6c5oc5ccccc56)cc4ccc32)cc1. The molecule has 0 aliphatic rings. The average Bonchev–Trinajstić information content (AvgIpc) is 3.64. The third-order valence-corrected chi connectivity index (χ3v) is 11.0. The summed E-state index contributed by atoms with van der Waals surface area (Å²) in [6, 6.07) is 73.8. The summed E-state index contributed by atoms with van der Waals surface area (Å²) in [5, 5.41) is 12.1. The molecular formula is C52H34N2O. The molecule has 0 saturated carbocycles. The number of fused-ring (bicyclic) bond motifs is 11. The summed E-state index contributed by atoms with van der Waals surface area (Å²) in [6.07, 6.45) is 0. The van der Waals surface area contributed by atoms with Gasteiger partial charge in [0.2, 0.25) is 0 Å². The van der Waals surface area contributed by atoms with Gasteiger partial charge < -0.3 is 14.2 Å². The molecule has 0 atom stereocenters. The molecule has 0 radical (unpaired) electrons. The Bertz CT molecular complexity index is 3150. The molecule has 55 heavy (non-hydrogen) atoms. The zero-order valence-electron chi connectivity index (χ0n) is 29.9. The van der Waals surface area contributed by atoms with Crippen molar-refractivity contribution in [2.24, 2.45) is 0 Å². The maximum atomic E-state index is 6.57. The molecule has 11 rings (SSSR count). The first-order chi connectivity index (χ1) is 27.3. The van der Waals surface area contributed by atoms with Gasteiger partial charge in [-0.25, -0.2) is 0 Å². The van der Waals surface area contributed by atoms with Gasteiger partial charge in [-0.05, 0) is 116 Å². The van der Waals surface area contributed by atoms with E-state index in [1.165, 1.54) is 43.1 Å².